The molecule has 7 nitrogen and oxygen atoms in total. The van der Waals surface area contributed by atoms with Gasteiger partial charge in [0.1, 0.15) is 11.5 Å². The Bertz CT molecular complexity index is 665. The number of hydrogen-bond acceptors (Lipinski definition) is 5. The van der Waals surface area contributed by atoms with Gasteiger partial charge in [0, 0.05) is 55.6 Å². The summed E-state index contributed by atoms with van der Waals surface area (Å²) < 4.78 is 10.8. The first kappa shape index (κ1) is 24.8. The summed E-state index contributed by atoms with van der Waals surface area (Å²) >= 11 is 0. The van der Waals surface area contributed by atoms with Crippen LogP contribution < -0.4 is 25.0 Å². The van der Waals surface area contributed by atoms with E-state index in [1.807, 2.05) is 6.07 Å². The summed E-state index contributed by atoms with van der Waals surface area (Å²) in [7, 11) is 3.38. The molecule has 8 heteroatoms. The van der Waals surface area contributed by atoms with E-state index in [0.29, 0.717) is 12.1 Å². The number of ether oxygens (including phenoxy) is 2. The van der Waals surface area contributed by atoms with Crippen LogP contribution in [0.4, 0.5) is 5.69 Å². The summed E-state index contributed by atoms with van der Waals surface area (Å²) in [5.41, 5.74) is 1.14. The summed E-state index contributed by atoms with van der Waals surface area (Å²) in [5.74, 6) is 2.58. The standard InChI is InChI=1S/C22H37N5O2.HI/c1-5-23-22(24-15-18-8-7-10-26(18)6-2)25-17-9-11-27(16-17)19-12-20(28-3)14-21(13-19)29-4;/h12-14,17-18H,5-11,15-16H2,1-4H3,(H2,23,24,25);1H. The van der Waals surface area contributed by atoms with E-state index in [0.717, 1.165) is 62.3 Å². The fraction of sp³-hybridized carbons (Fsp3) is 0.682. The molecule has 2 aliphatic rings. The first-order chi connectivity index (χ1) is 14.2. The molecule has 170 valence electrons. The average Bonchev–Trinajstić information content (AvgIpc) is 3.40. The molecule has 0 saturated carbocycles. The Morgan fingerprint density at radius 1 is 1.10 bits per heavy atom. The fourth-order valence-corrected chi connectivity index (χ4v) is 4.32. The number of rotatable bonds is 8. The van der Waals surface area contributed by atoms with Gasteiger partial charge in [-0.05, 0) is 39.3 Å². The van der Waals surface area contributed by atoms with Gasteiger partial charge in [-0.2, -0.15) is 0 Å². The highest BCUT2D eigenvalue weighted by molar-refractivity contribution is 14.0. The first-order valence-electron chi connectivity index (χ1n) is 10.9. The SMILES string of the molecule is CCNC(=NCC1CCCN1CC)NC1CCN(c2cc(OC)cc(OC)c2)C1.I. The molecule has 2 N–H and O–H groups in total. The molecule has 2 heterocycles. The Hall–Kier alpha value is -1.42. The predicted octanol–water partition coefficient (Wildman–Crippen LogP) is 2.94. The largest absolute Gasteiger partial charge is 0.497 e. The Morgan fingerprint density at radius 3 is 2.47 bits per heavy atom. The van der Waals surface area contributed by atoms with Gasteiger partial charge in [-0.25, -0.2) is 0 Å². The molecule has 0 bridgehead atoms. The maximum Gasteiger partial charge on any atom is 0.191 e. The number of nitrogens with zero attached hydrogens (tertiary/aromatic N) is 3. The van der Waals surface area contributed by atoms with E-state index in [-0.39, 0.29) is 24.0 Å². The molecular weight excluding hydrogens is 493 g/mol. The van der Waals surface area contributed by atoms with Gasteiger partial charge in [-0.15, -0.1) is 24.0 Å². The molecule has 0 aliphatic carbocycles. The molecule has 2 unspecified atom stereocenters. The zero-order valence-corrected chi connectivity index (χ0v) is 21.1. The van der Waals surface area contributed by atoms with Crippen molar-refractivity contribution in [3.63, 3.8) is 0 Å². The van der Waals surface area contributed by atoms with Crippen molar-refractivity contribution >= 4 is 35.6 Å². The van der Waals surface area contributed by atoms with Crippen LogP contribution in [0.5, 0.6) is 11.5 Å². The summed E-state index contributed by atoms with van der Waals surface area (Å²) in [6.07, 6.45) is 3.62. The maximum absolute atomic E-state index is 5.42. The van der Waals surface area contributed by atoms with Gasteiger partial charge in [-0.3, -0.25) is 9.89 Å². The molecule has 1 aromatic carbocycles. The molecule has 2 aliphatic heterocycles. The van der Waals surface area contributed by atoms with Crippen molar-refractivity contribution in [3.05, 3.63) is 18.2 Å². The summed E-state index contributed by atoms with van der Waals surface area (Å²) in [6.45, 7) is 10.4. The monoisotopic (exact) mass is 531 g/mol. The van der Waals surface area contributed by atoms with E-state index in [1.165, 1.54) is 19.4 Å². The lowest BCUT2D eigenvalue weighted by Crippen LogP contribution is -2.45. The Morgan fingerprint density at radius 2 is 1.83 bits per heavy atom. The van der Waals surface area contributed by atoms with Crippen molar-refractivity contribution in [2.24, 2.45) is 4.99 Å². The molecule has 2 atom stereocenters. The first-order valence-corrected chi connectivity index (χ1v) is 10.9. The molecular formula is C22H38IN5O2. The minimum absolute atomic E-state index is 0. The van der Waals surface area contributed by atoms with Crippen molar-refractivity contribution < 1.29 is 9.47 Å². The molecule has 0 spiro atoms. The van der Waals surface area contributed by atoms with Crippen LogP contribution in [0.2, 0.25) is 0 Å². The van der Waals surface area contributed by atoms with Crippen LogP contribution in [0.1, 0.15) is 33.1 Å². The lowest BCUT2D eigenvalue weighted by atomic mass is 10.2. The van der Waals surface area contributed by atoms with Gasteiger partial charge in [0.15, 0.2) is 5.96 Å². The number of nitrogens with one attached hydrogen (secondary N) is 2. The third kappa shape index (κ3) is 6.54. The highest BCUT2D eigenvalue weighted by Gasteiger charge is 2.25. The minimum atomic E-state index is 0. The van der Waals surface area contributed by atoms with Gasteiger partial charge >= 0.3 is 0 Å². The molecule has 2 saturated heterocycles. The Balaban J connectivity index is 0.00000320. The average molecular weight is 531 g/mol. The lowest BCUT2D eigenvalue weighted by Gasteiger charge is -2.23. The van der Waals surface area contributed by atoms with Crippen LogP contribution in [-0.2, 0) is 0 Å². The number of benzene rings is 1. The predicted molar refractivity (Wildman–Crippen MR) is 135 cm³/mol. The smallest absolute Gasteiger partial charge is 0.191 e. The molecule has 30 heavy (non-hydrogen) atoms. The highest BCUT2D eigenvalue weighted by atomic mass is 127. The van der Waals surface area contributed by atoms with Gasteiger partial charge in [0.25, 0.3) is 0 Å². The van der Waals surface area contributed by atoms with E-state index < -0.39 is 0 Å². The van der Waals surface area contributed by atoms with Crippen LogP contribution in [-0.4, -0.2) is 76.4 Å². The molecule has 2 fully saturated rings. The van der Waals surface area contributed by atoms with Gasteiger partial charge < -0.3 is 25.0 Å². The van der Waals surface area contributed by atoms with Gasteiger partial charge in [0.2, 0.25) is 0 Å². The molecule has 1 aromatic rings. The van der Waals surface area contributed by atoms with E-state index >= 15 is 0 Å². The topological polar surface area (TPSA) is 61.4 Å². The van der Waals surface area contributed by atoms with E-state index in [1.54, 1.807) is 14.2 Å². The number of halogens is 1. The summed E-state index contributed by atoms with van der Waals surface area (Å²) in [5, 5.41) is 7.07. The highest BCUT2D eigenvalue weighted by Crippen LogP contribution is 2.30. The van der Waals surface area contributed by atoms with E-state index in [9.17, 15) is 0 Å². The van der Waals surface area contributed by atoms with Gasteiger partial charge in [-0.1, -0.05) is 6.92 Å². The number of likely N-dealkylation sites (tertiary alicyclic amines) is 1. The fourth-order valence-electron chi connectivity index (χ4n) is 4.32. The van der Waals surface area contributed by atoms with Crippen LogP contribution in [0.15, 0.2) is 23.2 Å². The number of aliphatic imine (C=N–C) groups is 1. The lowest BCUT2D eigenvalue weighted by molar-refractivity contribution is 0.273. The van der Waals surface area contributed by atoms with Crippen LogP contribution >= 0.6 is 24.0 Å². The second-order valence-corrected chi connectivity index (χ2v) is 7.79. The van der Waals surface area contributed by atoms with Crippen molar-refractivity contribution in [2.45, 2.75) is 45.2 Å². The van der Waals surface area contributed by atoms with Crippen molar-refractivity contribution in [1.82, 2.24) is 15.5 Å². The summed E-state index contributed by atoms with van der Waals surface area (Å²) in [4.78, 5) is 9.82. The number of anilines is 1. The van der Waals surface area contributed by atoms with Crippen LogP contribution in [0, 0.1) is 0 Å². The molecule has 0 radical (unpaired) electrons. The zero-order valence-electron chi connectivity index (χ0n) is 18.8. The van der Waals surface area contributed by atoms with Crippen LogP contribution in [0.25, 0.3) is 0 Å². The number of methoxy groups -OCH3 is 2. The second-order valence-electron chi connectivity index (χ2n) is 7.79. The maximum atomic E-state index is 5.42. The van der Waals surface area contributed by atoms with E-state index in [4.69, 9.17) is 14.5 Å². The van der Waals surface area contributed by atoms with Crippen LogP contribution in [0.3, 0.4) is 0 Å². The van der Waals surface area contributed by atoms with Crippen molar-refractivity contribution in [2.75, 3.05) is 58.4 Å². The summed E-state index contributed by atoms with van der Waals surface area (Å²) in [6, 6.07) is 7.01. The molecule has 0 amide bonds. The number of hydrogen-bond donors (Lipinski definition) is 2. The normalized spacial score (nSPS) is 22.0. The quantitative estimate of drug-likeness (QED) is 0.306. The Kier molecular flexibility index (Phi) is 10.3. The van der Waals surface area contributed by atoms with E-state index in [2.05, 4.69) is 46.4 Å². The third-order valence-corrected chi connectivity index (χ3v) is 5.94. The van der Waals surface area contributed by atoms with Gasteiger partial charge in [0.05, 0.1) is 20.8 Å². The minimum Gasteiger partial charge on any atom is -0.497 e. The molecule has 3 rings (SSSR count). The molecule has 0 aromatic heterocycles. The number of guanidine groups is 1. The van der Waals surface area contributed by atoms with Crippen molar-refractivity contribution in [1.29, 1.82) is 0 Å². The zero-order chi connectivity index (χ0) is 20.6. The third-order valence-electron chi connectivity index (χ3n) is 5.94. The van der Waals surface area contributed by atoms with Crippen molar-refractivity contribution in [3.8, 4) is 11.5 Å². The number of likely N-dealkylation sites (N-methyl/N-ethyl adjacent to an activating group) is 1. The second kappa shape index (κ2) is 12.4. The Labute approximate surface area is 198 Å².